The number of methoxy groups -OCH3 is 1. The molecule has 2 fully saturated rings. The maximum atomic E-state index is 12.8. The highest BCUT2D eigenvalue weighted by Crippen LogP contribution is 2.55. The lowest BCUT2D eigenvalue weighted by Gasteiger charge is -2.60. The van der Waals surface area contributed by atoms with Gasteiger partial charge in [0.25, 0.3) is 5.91 Å². The van der Waals surface area contributed by atoms with Gasteiger partial charge in [-0.1, -0.05) is 6.42 Å². The van der Waals surface area contributed by atoms with E-state index in [1.54, 1.807) is 7.11 Å². The highest BCUT2D eigenvalue weighted by molar-refractivity contribution is 5.96. The first kappa shape index (κ1) is 15.0. The van der Waals surface area contributed by atoms with Crippen LogP contribution in [0.3, 0.4) is 0 Å². The van der Waals surface area contributed by atoms with Gasteiger partial charge in [0.15, 0.2) is 0 Å². The summed E-state index contributed by atoms with van der Waals surface area (Å²) < 4.78 is 5.45. The number of fused-ring (bicyclic) bond motifs is 1. The van der Waals surface area contributed by atoms with Crippen LogP contribution in [0.4, 0.5) is 0 Å². The number of hydrogen-bond acceptors (Lipinski definition) is 4. The average molecular weight is 315 g/mol. The number of hydrogen-bond donors (Lipinski definition) is 3. The van der Waals surface area contributed by atoms with Gasteiger partial charge < -0.3 is 21.1 Å². The van der Waals surface area contributed by atoms with Gasteiger partial charge in [-0.15, -0.1) is 0 Å². The lowest BCUT2D eigenvalue weighted by molar-refractivity contribution is -0.0389. The molecule has 5 heteroatoms. The third-order valence-corrected chi connectivity index (χ3v) is 6.22. The Morgan fingerprint density at radius 2 is 2.22 bits per heavy atom. The van der Waals surface area contributed by atoms with Crippen LogP contribution in [0.1, 0.15) is 47.2 Å². The Morgan fingerprint density at radius 3 is 2.87 bits per heavy atom. The molecular formula is C18H25N3O2. The molecule has 1 spiro atoms. The Balaban J connectivity index is 1.57. The van der Waals surface area contributed by atoms with E-state index in [1.165, 1.54) is 6.42 Å². The van der Waals surface area contributed by atoms with Crippen molar-refractivity contribution >= 4 is 5.91 Å². The summed E-state index contributed by atoms with van der Waals surface area (Å²) in [6, 6.07) is 4.32. The van der Waals surface area contributed by atoms with Crippen LogP contribution in [0.15, 0.2) is 12.1 Å². The van der Waals surface area contributed by atoms with Crippen molar-refractivity contribution < 1.29 is 9.53 Å². The summed E-state index contributed by atoms with van der Waals surface area (Å²) in [5.41, 5.74) is 9.44. The van der Waals surface area contributed by atoms with Crippen LogP contribution >= 0.6 is 0 Å². The van der Waals surface area contributed by atoms with E-state index in [0.29, 0.717) is 0 Å². The monoisotopic (exact) mass is 315 g/mol. The van der Waals surface area contributed by atoms with E-state index < -0.39 is 0 Å². The van der Waals surface area contributed by atoms with Gasteiger partial charge in [-0.3, -0.25) is 4.79 Å². The fourth-order valence-corrected chi connectivity index (χ4v) is 4.55. The third kappa shape index (κ3) is 2.17. The van der Waals surface area contributed by atoms with Crippen LogP contribution < -0.4 is 21.1 Å². The van der Waals surface area contributed by atoms with Gasteiger partial charge in [-0.2, -0.15) is 0 Å². The minimum Gasteiger partial charge on any atom is -0.496 e. The van der Waals surface area contributed by atoms with Gasteiger partial charge in [0.05, 0.1) is 7.11 Å². The Morgan fingerprint density at radius 1 is 1.39 bits per heavy atom. The largest absolute Gasteiger partial charge is 0.496 e. The van der Waals surface area contributed by atoms with Crippen molar-refractivity contribution in [2.75, 3.05) is 13.7 Å². The van der Waals surface area contributed by atoms with Gasteiger partial charge in [0, 0.05) is 35.2 Å². The number of rotatable bonds is 3. The zero-order chi connectivity index (χ0) is 16.0. The van der Waals surface area contributed by atoms with E-state index in [2.05, 4.69) is 10.6 Å². The molecule has 1 heterocycles. The number of nitrogens with one attached hydrogen (secondary N) is 2. The first-order chi connectivity index (χ1) is 11.2. The van der Waals surface area contributed by atoms with Gasteiger partial charge in [-0.25, -0.2) is 0 Å². The summed E-state index contributed by atoms with van der Waals surface area (Å²) in [6.45, 7) is 1.66. The summed E-state index contributed by atoms with van der Waals surface area (Å²) >= 11 is 0. The molecule has 1 aromatic carbocycles. The number of ether oxygens (including phenoxy) is 1. The molecule has 2 unspecified atom stereocenters. The summed E-state index contributed by atoms with van der Waals surface area (Å²) in [4.78, 5) is 12.8. The van der Waals surface area contributed by atoms with E-state index in [4.69, 9.17) is 10.5 Å². The second-order valence-corrected chi connectivity index (χ2v) is 7.15. The lowest BCUT2D eigenvalue weighted by Crippen LogP contribution is -2.69. The van der Waals surface area contributed by atoms with E-state index in [9.17, 15) is 4.79 Å². The standard InChI is InChI=1S/C18H25N3O2/c1-23-14-4-3-12(11-5-8-20-10-13(11)14)17(22)21-16-9-15(19)18(16)6-2-7-18/h3-4,15-16,20H,2,5-10,19H2,1H3,(H,21,22). The molecule has 0 saturated heterocycles. The number of carbonyl (C=O) groups excluding carboxylic acids is 1. The van der Waals surface area contributed by atoms with E-state index in [0.717, 1.165) is 61.2 Å². The fraction of sp³-hybridized carbons (Fsp3) is 0.611. The molecule has 2 saturated carbocycles. The van der Waals surface area contributed by atoms with Crippen LogP contribution in [0.5, 0.6) is 5.75 Å². The van der Waals surface area contributed by atoms with Crippen LogP contribution in [-0.4, -0.2) is 31.6 Å². The van der Waals surface area contributed by atoms with Crippen molar-refractivity contribution in [2.45, 2.75) is 50.7 Å². The minimum atomic E-state index is 0.0500. The Bertz CT molecular complexity index is 639. The van der Waals surface area contributed by atoms with Crippen molar-refractivity contribution in [3.63, 3.8) is 0 Å². The van der Waals surface area contributed by atoms with Crippen molar-refractivity contribution in [2.24, 2.45) is 11.1 Å². The molecule has 23 heavy (non-hydrogen) atoms. The average Bonchev–Trinajstić information content (AvgIpc) is 2.51. The Kier molecular flexibility index (Phi) is 3.58. The molecule has 0 radical (unpaired) electrons. The van der Waals surface area contributed by atoms with Crippen molar-refractivity contribution in [1.29, 1.82) is 0 Å². The molecule has 5 nitrogen and oxygen atoms in total. The Hall–Kier alpha value is -1.59. The summed E-state index contributed by atoms with van der Waals surface area (Å²) in [5, 5.41) is 6.62. The molecule has 2 aliphatic carbocycles. The smallest absolute Gasteiger partial charge is 0.251 e. The first-order valence-electron chi connectivity index (χ1n) is 8.61. The summed E-state index contributed by atoms with van der Waals surface area (Å²) in [7, 11) is 1.68. The van der Waals surface area contributed by atoms with E-state index in [-0.39, 0.29) is 23.4 Å². The minimum absolute atomic E-state index is 0.0500. The number of benzene rings is 1. The second-order valence-electron chi connectivity index (χ2n) is 7.15. The van der Waals surface area contributed by atoms with Gasteiger partial charge >= 0.3 is 0 Å². The van der Waals surface area contributed by atoms with Crippen molar-refractivity contribution in [3.05, 3.63) is 28.8 Å². The van der Waals surface area contributed by atoms with E-state index in [1.807, 2.05) is 12.1 Å². The molecule has 0 bridgehead atoms. The quantitative estimate of drug-likeness (QED) is 0.787. The SMILES string of the molecule is COc1ccc(C(=O)NC2CC(N)C23CCC3)c2c1CNCC2. The lowest BCUT2D eigenvalue weighted by atomic mass is 9.50. The van der Waals surface area contributed by atoms with Crippen LogP contribution in [0.2, 0.25) is 0 Å². The normalized spacial score (nSPS) is 27.6. The van der Waals surface area contributed by atoms with Crippen LogP contribution in [0, 0.1) is 5.41 Å². The maximum Gasteiger partial charge on any atom is 0.251 e. The predicted molar refractivity (Wildman–Crippen MR) is 88.5 cm³/mol. The van der Waals surface area contributed by atoms with Gasteiger partial charge in [0.1, 0.15) is 5.75 Å². The second kappa shape index (κ2) is 5.49. The van der Waals surface area contributed by atoms with Crippen molar-refractivity contribution in [3.8, 4) is 5.75 Å². The summed E-state index contributed by atoms with van der Waals surface area (Å²) in [6.07, 6.45) is 5.33. The van der Waals surface area contributed by atoms with Gasteiger partial charge in [0.2, 0.25) is 0 Å². The third-order valence-electron chi connectivity index (χ3n) is 6.22. The molecular weight excluding hydrogens is 290 g/mol. The molecule has 1 amide bonds. The molecule has 3 aliphatic rings. The van der Waals surface area contributed by atoms with Crippen LogP contribution in [-0.2, 0) is 13.0 Å². The molecule has 2 atom stereocenters. The number of carbonyl (C=O) groups is 1. The molecule has 1 aromatic rings. The molecule has 4 N–H and O–H groups in total. The topological polar surface area (TPSA) is 76.4 Å². The maximum absolute atomic E-state index is 12.8. The number of amides is 1. The van der Waals surface area contributed by atoms with Crippen LogP contribution in [0.25, 0.3) is 0 Å². The highest BCUT2D eigenvalue weighted by Gasteiger charge is 2.57. The van der Waals surface area contributed by atoms with Gasteiger partial charge in [-0.05, 0) is 49.9 Å². The molecule has 124 valence electrons. The molecule has 0 aromatic heterocycles. The fourth-order valence-electron chi connectivity index (χ4n) is 4.55. The Labute approximate surface area is 137 Å². The first-order valence-corrected chi connectivity index (χ1v) is 8.61. The zero-order valence-corrected chi connectivity index (χ0v) is 13.7. The van der Waals surface area contributed by atoms with Crippen molar-refractivity contribution in [1.82, 2.24) is 10.6 Å². The summed E-state index contributed by atoms with van der Waals surface area (Å²) in [5.74, 6) is 0.916. The molecule has 4 rings (SSSR count). The predicted octanol–water partition coefficient (Wildman–Crippen LogP) is 1.34. The molecule has 1 aliphatic heterocycles. The van der Waals surface area contributed by atoms with E-state index >= 15 is 0 Å². The number of nitrogens with two attached hydrogens (primary N) is 1. The highest BCUT2D eigenvalue weighted by atomic mass is 16.5. The zero-order valence-electron chi connectivity index (χ0n) is 13.7.